The van der Waals surface area contributed by atoms with Crippen LogP contribution in [-0.4, -0.2) is 44.0 Å². The molecule has 4 rings (SSSR count). The van der Waals surface area contributed by atoms with Crippen molar-refractivity contribution in [3.8, 4) is 5.75 Å². The number of carbonyl (C=O) groups excluding carboxylic acids is 2. The largest absolute Gasteiger partial charge is 0.495 e. The molecule has 0 bridgehead atoms. The zero-order valence-corrected chi connectivity index (χ0v) is 23.5. The molecule has 0 aromatic heterocycles. The minimum Gasteiger partial charge on any atom is -0.495 e. The summed E-state index contributed by atoms with van der Waals surface area (Å²) >= 11 is 7.52. The summed E-state index contributed by atoms with van der Waals surface area (Å²) in [4.78, 5) is 27.4. The van der Waals surface area contributed by atoms with Crippen molar-refractivity contribution in [3.63, 3.8) is 0 Å². The van der Waals surface area contributed by atoms with Gasteiger partial charge < -0.3 is 15.0 Å². The number of nitrogens with one attached hydrogen (secondary N) is 2. The van der Waals surface area contributed by atoms with Gasteiger partial charge in [0.1, 0.15) is 11.1 Å². The minimum atomic E-state index is -3.76. The Bertz CT molecular complexity index is 1430. The van der Waals surface area contributed by atoms with E-state index in [2.05, 4.69) is 10.0 Å². The standard InChI is InChI=1S/C27H28ClN3O5S2/c1-17(2)30-38(34,35)22-12-13-24(36-3)23(14-22)29-26(33)19-6-8-20(9-7-19)27-31(25(32)16-37-27)15-18-4-10-21(28)11-5-18/h4-14,17,27,30H,15-16H2,1-3H3,(H,29,33)/t27-/m1/s1. The third-order valence-electron chi connectivity index (χ3n) is 5.81. The maximum atomic E-state index is 13.0. The number of halogens is 1. The topological polar surface area (TPSA) is 105 Å². The average molecular weight is 574 g/mol. The lowest BCUT2D eigenvalue weighted by Gasteiger charge is -2.24. The normalized spacial score (nSPS) is 15.7. The summed E-state index contributed by atoms with van der Waals surface area (Å²) in [6.45, 7) is 3.91. The minimum absolute atomic E-state index is 0.0151. The molecular weight excluding hydrogens is 546 g/mol. The average Bonchev–Trinajstić information content (AvgIpc) is 3.24. The van der Waals surface area contributed by atoms with Crippen LogP contribution in [0.3, 0.4) is 0 Å². The fourth-order valence-electron chi connectivity index (χ4n) is 4.01. The molecule has 1 heterocycles. The highest BCUT2D eigenvalue weighted by Gasteiger charge is 2.32. The molecule has 11 heteroatoms. The molecule has 0 spiro atoms. The van der Waals surface area contributed by atoms with E-state index in [0.29, 0.717) is 28.6 Å². The molecule has 38 heavy (non-hydrogen) atoms. The molecule has 3 aromatic rings. The Balaban J connectivity index is 1.50. The number of rotatable bonds is 9. The first-order valence-corrected chi connectivity index (χ1v) is 14.8. The van der Waals surface area contributed by atoms with Crippen LogP contribution in [0.2, 0.25) is 5.02 Å². The molecule has 2 N–H and O–H groups in total. The fourth-order valence-corrected chi connectivity index (χ4v) is 6.60. The number of anilines is 1. The van der Waals surface area contributed by atoms with Gasteiger partial charge in [-0.05, 0) is 67.4 Å². The van der Waals surface area contributed by atoms with Crippen LogP contribution in [-0.2, 0) is 21.4 Å². The van der Waals surface area contributed by atoms with Gasteiger partial charge in [-0.25, -0.2) is 13.1 Å². The van der Waals surface area contributed by atoms with Crippen LogP contribution in [0.1, 0.15) is 40.7 Å². The Hall–Kier alpha value is -3.05. The Kier molecular flexibility index (Phi) is 8.67. The monoisotopic (exact) mass is 573 g/mol. The lowest BCUT2D eigenvalue weighted by atomic mass is 10.1. The quantitative estimate of drug-likeness (QED) is 0.371. The molecule has 0 saturated carbocycles. The number of amides is 2. The lowest BCUT2D eigenvalue weighted by molar-refractivity contribution is -0.128. The van der Waals surface area contributed by atoms with E-state index in [0.717, 1.165) is 11.1 Å². The van der Waals surface area contributed by atoms with Crippen molar-refractivity contribution in [2.24, 2.45) is 0 Å². The number of carbonyl (C=O) groups is 2. The highest BCUT2D eigenvalue weighted by atomic mass is 35.5. The molecule has 1 fully saturated rings. The number of nitrogens with zero attached hydrogens (tertiary/aromatic N) is 1. The Morgan fingerprint density at radius 2 is 1.79 bits per heavy atom. The first-order valence-electron chi connectivity index (χ1n) is 11.8. The van der Waals surface area contributed by atoms with E-state index in [9.17, 15) is 18.0 Å². The first-order chi connectivity index (χ1) is 18.1. The molecule has 0 aliphatic carbocycles. The van der Waals surface area contributed by atoms with E-state index < -0.39 is 15.9 Å². The number of benzene rings is 3. The second kappa shape index (κ2) is 11.8. The molecule has 1 saturated heterocycles. The van der Waals surface area contributed by atoms with Crippen molar-refractivity contribution in [1.82, 2.24) is 9.62 Å². The van der Waals surface area contributed by atoms with Crippen molar-refractivity contribution < 1.29 is 22.7 Å². The Morgan fingerprint density at radius 3 is 2.42 bits per heavy atom. The van der Waals surface area contributed by atoms with Gasteiger partial charge in [0.05, 0.1) is 23.4 Å². The number of thioether (sulfide) groups is 1. The summed E-state index contributed by atoms with van der Waals surface area (Å²) in [7, 11) is -2.31. The third-order valence-corrected chi connectivity index (χ3v) is 8.98. The van der Waals surface area contributed by atoms with Gasteiger partial charge >= 0.3 is 0 Å². The van der Waals surface area contributed by atoms with Gasteiger partial charge in [-0.1, -0.05) is 35.9 Å². The van der Waals surface area contributed by atoms with Gasteiger partial charge in [0.25, 0.3) is 5.91 Å². The maximum absolute atomic E-state index is 13.0. The molecule has 1 atom stereocenters. The fraction of sp³-hybridized carbons (Fsp3) is 0.259. The highest BCUT2D eigenvalue weighted by molar-refractivity contribution is 8.00. The second-order valence-corrected chi connectivity index (χ2v) is 12.2. The van der Waals surface area contributed by atoms with Crippen molar-refractivity contribution in [3.05, 3.63) is 88.4 Å². The summed E-state index contributed by atoms with van der Waals surface area (Å²) in [6, 6.07) is 18.4. The molecular formula is C27H28ClN3O5S2. The van der Waals surface area contributed by atoms with Gasteiger partial charge in [-0.3, -0.25) is 9.59 Å². The van der Waals surface area contributed by atoms with E-state index in [4.69, 9.17) is 16.3 Å². The number of methoxy groups -OCH3 is 1. The van der Waals surface area contributed by atoms with E-state index in [-0.39, 0.29) is 27.9 Å². The molecule has 1 aliphatic heterocycles. The van der Waals surface area contributed by atoms with Crippen LogP contribution in [0.4, 0.5) is 5.69 Å². The van der Waals surface area contributed by atoms with Crippen LogP contribution in [0.15, 0.2) is 71.6 Å². The summed E-state index contributed by atoms with van der Waals surface area (Å²) < 4.78 is 33.0. The second-order valence-electron chi connectivity index (χ2n) is 9.03. The molecule has 0 radical (unpaired) electrons. The summed E-state index contributed by atoms with van der Waals surface area (Å²) in [6.07, 6.45) is 0. The smallest absolute Gasteiger partial charge is 0.255 e. The summed E-state index contributed by atoms with van der Waals surface area (Å²) in [5.74, 6) is 0.336. The van der Waals surface area contributed by atoms with Gasteiger partial charge in [0.2, 0.25) is 15.9 Å². The maximum Gasteiger partial charge on any atom is 0.255 e. The lowest BCUT2D eigenvalue weighted by Crippen LogP contribution is -2.30. The van der Waals surface area contributed by atoms with Crippen molar-refractivity contribution in [2.75, 3.05) is 18.2 Å². The van der Waals surface area contributed by atoms with E-state index >= 15 is 0 Å². The first kappa shape index (κ1) is 28.0. The van der Waals surface area contributed by atoms with Gasteiger partial charge in [0, 0.05) is 23.2 Å². The SMILES string of the molecule is COc1ccc(S(=O)(=O)NC(C)C)cc1NC(=O)c1ccc([C@H]2SCC(=O)N2Cc2ccc(Cl)cc2)cc1. The predicted octanol–water partition coefficient (Wildman–Crippen LogP) is 5.06. The molecule has 8 nitrogen and oxygen atoms in total. The van der Waals surface area contributed by atoms with E-state index in [1.807, 2.05) is 29.2 Å². The van der Waals surface area contributed by atoms with E-state index in [1.165, 1.54) is 37.1 Å². The van der Waals surface area contributed by atoms with Gasteiger partial charge in [-0.2, -0.15) is 0 Å². The summed E-state index contributed by atoms with van der Waals surface area (Å²) in [5, 5.41) is 3.21. The zero-order valence-electron chi connectivity index (χ0n) is 21.1. The third kappa shape index (κ3) is 6.50. The molecule has 200 valence electrons. The Morgan fingerprint density at radius 1 is 1.11 bits per heavy atom. The van der Waals surface area contributed by atoms with Gasteiger partial charge in [-0.15, -0.1) is 11.8 Å². The molecule has 0 unspecified atom stereocenters. The van der Waals surface area contributed by atoms with Gasteiger partial charge in [0.15, 0.2) is 0 Å². The zero-order chi connectivity index (χ0) is 27.4. The number of sulfonamides is 1. The van der Waals surface area contributed by atoms with Crippen LogP contribution >= 0.6 is 23.4 Å². The predicted molar refractivity (Wildman–Crippen MR) is 150 cm³/mol. The Labute approximate surface area is 231 Å². The number of ether oxygens (including phenoxy) is 1. The summed E-state index contributed by atoms with van der Waals surface area (Å²) in [5.41, 5.74) is 2.49. The highest BCUT2D eigenvalue weighted by Crippen LogP contribution is 2.39. The molecule has 3 aromatic carbocycles. The molecule has 1 aliphatic rings. The van der Waals surface area contributed by atoms with E-state index in [1.54, 1.807) is 38.1 Å². The van der Waals surface area contributed by atoms with Crippen molar-refractivity contribution in [2.45, 2.75) is 36.7 Å². The van der Waals surface area contributed by atoms with Crippen LogP contribution < -0.4 is 14.8 Å². The van der Waals surface area contributed by atoms with Crippen molar-refractivity contribution >= 4 is 50.9 Å². The van der Waals surface area contributed by atoms with Crippen LogP contribution in [0.5, 0.6) is 5.75 Å². The number of hydrogen-bond acceptors (Lipinski definition) is 6. The molecule has 2 amide bonds. The van der Waals surface area contributed by atoms with Crippen LogP contribution in [0, 0.1) is 0 Å². The van der Waals surface area contributed by atoms with Crippen molar-refractivity contribution in [1.29, 1.82) is 0 Å². The van der Waals surface area contributed by atoms with Crippen LogP contribution in [0.25, 0.3) is 0 Å². The number of hydrogen-bond donors (Lipinski definition) is 2.